The molecule has 6 N–H and O–H groups in total. The van der Waals surface area contributed by atoms with Gasteiger partial charge in [0.25, 0.3) is 0 Å². The highest BCUT2D eigenvalue weighted by molar-refractivity contribution is 7.98. The van der Waals surface area contributed by atoms with Gasteiger partial charge in [-0.3, -0.25) is 9.71 Å². The summed E-state index contributed by atoms with van der Waals surface area (Å²) in [5.74, 6) is 2.14. The predicted octanol–water partition coefficient (Wildman–Crippen LogP) is -1.20. The molecule has 0 aromatic carbocycles. The van der Waals surface area contributed by atoms with Gasteiger partial charge in [0.15, 0.2) is 11.8 Å². The molecule has 0 amide bonds. The van der Waals surface area contributed by atoms with Gasteiger partial charge in [-0.2, -0.15) is 21.1 Å². The lowest BCUT2D eigenvalue weighted by atomic mass is 10.7. The summed E-state index contributed by atoms with van der Waals surface area (Å²) in [6.45, 7) is 0.546. The molecular weight excluding hydrogens is 348 g/mol. The van der Waals surface area contributed by atoms with Gasteiger partial charge in [0.05, 0.1) is 12.0 Å². The molecule has 0 saturated heterocycles. The van der Waals surface area contributed by atoms with E-state index in [9.17, 15) is 8.42 Å². The number of nitrogens with one attached hydrogen (secondary N) is 2. The molecule has 1 heterocycles. The van der Waals surface area contributed by atoms with Crippen LogP contribution in [-0.4, -0.2) is 55.3 Å². The Labute approximate surface area is 137 Å². The molecule has 1 aromatic rings. The Kier molecular flexibility index (Phi) is 7.34. The first-order chi connectivity index (χ1) is 10.3. The molecule has 0 atom stereocenters. The van der Waals surface area contributed by atoms with Crippen molar-refractivity contribution in [1.29, 1.82) is 0 Å². The minimum absolute atomic E-state index is 0.0516. The number of nitrogens with zero attached hydrogens (tertiary/aromatic N) is 4. The van der Waals surface area contributed by atoms with E-state index in [1.54, 1.807) is 11.8 Å². The molecule has 0 bridgehead atoms. The summed E-state index contributed by atoms with van der Waals surface area (Å²) in [6.07, 6.45) is 1.07. The van der Waals surface area contributed by atoms with Crippen molar-refractivity contribution in [1.82, 2.24) is 19.4 Å². The molecule has 1 aromatic heterocycles. The van der Waals surface area contributed by atoms with E-state index in [1.165, 1.54) is 7.05 Å². The highest BCUT2D eigenvalue weighted by Crippen LogP contribution is 2.17. The van der Waals surface area contributed by atoms with Crippen LogP contribution in [0.15, 0.2) is 9.98 Å². The largest absolute Gasteiger partial charge is 0.370 e. The average molecular weight is 366 g/mol. The lowest BCUT2D eigenvalue weighted by Gasteiger charge is -2.09. The molecule has 0 saturated carbocycles. The SMILES string of the molecule is CN=C(NCCSCc1nsc(N=C(N)N)n1)NS(C)(=O)=O. The van der Waals surface area contributed by atoms with Gasteiger partial charge in [0, 0.05) is 30.9 Å². The smallest absolute Gasteiger partial charge is 0.232 e. The summed E-state index contributed by atoms with van der Waals surface area (Å²) in [6, 6.07) is 0. The summed E-state index contributed by atoms with van der Waals surface area (Å²) in [5, 5.41) is 3.31. The normalized spacial score (nSPS) is 12.0. The van der Waals surface area contributed by atoms with Crippen LogP contribution in [0.1, 0.15) is 5.82 Å². The van der Waals surface area contributed by atoms with Gasteiger partial charge < -0.3 is 16.8 Å². The van der Waals surface area contributed by atoms with Crippen LogP contribution >= 0.6 is 23.3 Å². The second-order valence-corrected chi connectivity index (χ2v) is 7.54. The van der Waals surface area contributed by atoms with Crippen molar-refractivity contribution in [2.24, 2.45) is 21.5 Å². The van der Waals surface area contributed by atoms with Crippen LogP contribution in [0.4, 0.5) is 5.13 Å². The Morgan fingerprint density at radius 3 is 2.77 bits per heavy atom. The van der Waals surface area contributed by atoms with Crippen molar-refractivity contribution in [3.8, 4) is 0 Å². The fourth-order valence-electron chi connectivity index (χ4n) is 1.20. The Balaban J connectivity index is 2.28. The second-order valence-electron chi connectivity index (χ2n) is 3.96. The van der Waals surface area contributed by atoms with Crippen LogP contribution in [0, 0.1) is 0 Å². The van der Waals surface area contributed by atoms with Crippen LogP contribution in [0.25, 0.3) is 0 Å². The molecule has 10 nitrogen and oxygen atoms in total. The molecular formula is C9H18N8O2S3. The van der Waals surface area contributed by atoms with Gasteiger partial charge in [-0.15, -0.1) is 0 Å². The number of sulfonamides is 1. The van der Waals surface area contributed by atoms with Crippen LogP contribution in [-0.2, 0) is 15.8 Å². The first-order valence-electron chi connectivity index (χ1n) is 5.98. The topological polar surface area (TPSA) is 161 Å². The van der Waals surface area contributed by atoms with E-state index in [0.717, 1.165) is 23.5 Å². The number of aromatic nitrogens is 2. The number of hydrogen-bond acceptors (Lipinski definition) is 8. The summed E-state index contributed by atoms with van der Waals surface area (Å²) in [4.78, 5) is 11.8. The molecule has 0 fully saturated rings. The fraction of sp³-hybridized carbons (Fsp3) is 0.556. The number of thioether (sulfide) groups is 1. The Hall–Kier alpha value is -1.60. The van der Waals surface area contributed by atoms with E-state index in [0.29, 0.717) is 23.3 Å². The molecule has 13 heteroatoms. The van der Waals surface area contributed by atoms with Crippen molar-refractivity contribution in [2.45, 2.75) is 5.75 Å². The molecule has 1 rings (SSSR count). The van der Waals surface area contributed by atoms with Crippen molar-refractivity contribution < 1.29 is 8.42 Å². The second kappa shape index (κ2) is 8.75. The van der Waals surface area contributed by atoms with E-state index in [1.807, 2.05) is 0 Å². The summed E-state index contributed by atoms with van der Waals surface area (Å²) >= 11 is 2.71. The van der Waals surface area contributed by atoms with Crippen molar-refractivity contribution in [3.63, 3.8) is 0 Å². The van der Waals surface area contributed by atoms with E-state index in [2.05, 4.69) is 29.4 Å². The maximum absolute atomic E-state index is 11.1. The third kappa shape index (κ3) is 7.99. The standard InChI is InChI=1S/C9H18N8O2S3/c1-12-8(17-22(2,18)19)13-3-4-20-5-6-14-9(21-16-6)15-7(10)11/h3-5H2,1-2H3,(H2,12,13,17)(H4,10,11,14,15,16). The maximum atomic E-state index is 11.1. The van der Waals surface area contributed by atoms with E-state index >= 15 is 0 Å². The molecule has 0 spiro atoms. The number of aliphatic imine (C=N–C) groups is 2. The minimum atomic E-state index is -3.33. The number of hydrogen-bond donors (Lipinski definition) is 4. The maximum Gasteiger partial charge on any atom is 0.232 e. The van der Waals surface area contributed by atoms with Crippen molar-refractivity contribution >= 4 is 50.4 Å². The zero-order chi connectivity index (χ0) is 16.6. The zero-order valence-electron chi connectivity index (χ0n) is 12.1. The van der Waals surface area contributed by atoms with Gasteiger partial charge >= 0.3 is 0 Å². The number of rotatable bonds is 7. The number of nitrogens with two attached hydrogens (primary N) is 2. The lowest BCUT2D eigenvalue weighted by Crippen LogP contribution is -2.41. The van der Waals surface area contributed by atoms with Crippen molar-refractivity contribution in [3.05, 3.63) is 5.82 Å². The summed E-state index contributed by atoms with van der Waals surface area (Å²) in [7, 11) is -1.83. The third-order valence-corrected chi connectivity index (χ3v) is 4.12. The summed E-state index contributed by atoms with van der Waals surface area (Å²) in [5.41, 5.74) is 10.5. The predicted molar refractivity (Wildman–Crippen MR) is 90.9 cm³/mol. The highest BCUT2D eigenvalue weighted by Gasteiger charge is 2.06. The van der Waals surface area contributed by atoms with E-state index in [4.69, 9.17) is 11.5 Å². The summed E-state index contributed by atoms with van der Waals surface area (Å²) < 4.78 is 28.5. The van der Waals surface area contributed by atoms with E-state index in [-0.39, 0.29) is 11.9 Å². The van der Waals surface area contributed by atoms with Gasteiger partial charge in [0.2, 0.25) is 21.1 Å². The molecule has 0 aliphatic heterocycles. The van der Waals surface area contributed by atoms with Gasteiger partial charge in [0.1, 0.15) is 0 Å². The van der Waals surface area contributed by atoms with Gasteiger partial charge in [-0.05, 0) is 0 Å². The molecule has 0 radical (unpaired) electrons. The van der Waals surface area contributed by atoms with Gasteiger partial charge in [-0.25, -0.2) is 13.4 Å². The van der Waals surface area contributed by atoms with E-state index < -0.39 is 10.0 Å². The first kappa shape index (κ1) is 18.4. The lowest BCUT2D eigenvalue weighted by molar-refractivity contribution is 0.597. The molecule has 124 valence electrons. The Bertz CT molecular complexity index is 635. The third-order valence-electron chi connectivity index (χ3n) is 1.96. The zero-order valence-corrected chi connectivity index (χ0v) is 14.6. The fourth-order valence-corrected chi connectivity index (χ4v) is 3.08. The number of guanidine groups is 2. The molecule has 22 heavy (non-hydrogen) atoms. The van der Waals surface area contributed by atoms with Crippen LogP contribution < -0.4 is 21.5 Å². The highest BCUT2D eigenvalue weighted by atomic mass is 32.2. The minimum Gasteiger partial charge on any atom is -0.370 e. The quantitative estimate of drug-likeness (QED) is 0.266. The average Bonchev–Trinajstić information content (AvgIpc) is 2.82. The molecule has 0 unspecified atom stereocenters. The van der Waals surface area contributed by atoms with Gasteiger partial charge in [-0.1, -0.05) is 0 Å². The molecule has 0 aliphatic rings. The Morgan fingerprint density at radius 1 is 1.45 bits per heavy atom. The molecule has 0 aliphatic carbocycles. The Morgan fingerprint density at radius 2 is 2.18 bits per heavy atom. The van der Waals surface area contributed by atoms with Crippen molar-refractivity contribution in [2.75, 3.05) is 25.6 Å². The van der Waals surface area contributed by atoms with Crippen LogP contribution in [0.2, 0.25) is 0 Å². The van der Waals surface area contributed by atoms with Crippen LogP contribution in [0.3, 0.4) is 0 Å². The first-order valence-corrected chi connectivity index (χ1v) is 9.80. The van der Waals surface area contributed by atoms with Crippen LogP contribution in [0.5, 0.6) is 0 Å². The monoisotopic (exact) mass is 366 g/mol.